The van der Waals surface area contributed by atoms with Gasteiger partial charge in [-0.1, -0.05) is 0 Å². The molecule has 0 fully saturated rings. The van der Waals surface area contributed by atoms with Crippen LogP contribution in [0.4, 0.5) is 0 Å². The van der Waals surface area contributed by atoms with Crippen LogP contribution in [0.25, 0.3) is 0 Å². The number of nitrogens with two attached hydrogens (primary N) is 2. The number of guanidine groups is 1. The van der Waals surface area contributed by atoms with Crippen LogP contribution in [-0.4, -0.2) is 31.8 Å². The normalized spacial score (nSPS) is 4.80. The molecule has 0 aromatic carbocycles. The molecule has 0 rings (SSSR count). The molecular formula is CH8InN3. The summed E-state index contributed by atoms with van der Waals surface area (Å²) >= 11 is 0. The van der Waals surface area contributed by atoms with Crippen LogP contribution < -0.4 is 11.5 Å². The van der Waals surface area contributed by atoms with Crippen molar-refractivity contribution in [1.29, 1.82) is 5.41 Å². The van der Waals surface area contributed by atoms with E-state index < -0.39 is 0 Å². The van der Waals surface area contributed by atoms with E-state index in [0.717, 1.165) is 0 Å². The fourth-order valence-electron chi connectivity index (χ4n) is 0. The van der Waals surface area contributed by atoms with Gasteiger partial charge in [-0.15, -0.1) is 0 Å². The summed E-state index contributed by atoms with van der Waals surface area (Å²) in [4.78, 5) is 0. The molecule has 0 saturated heterocycles. The number of nitrogens with one attached hydrogen (secondary N) is 1. The van der Waals surface area contributed by atoms with Gasteiger partial charge in [-0.3, -0.25) is 5.41 Å². The minimum atomic E-state index is -0.333. The van der Waals surface area contributed by atoms with Gasteiger partial charge in [0.25, 0.3) is 0 Å². The Morgan fingerprint density at radius 2 is 1.40 bits per heavy atom. The summed E-state index contributed by atoms with van der Waals surface area (Å²) in [6.07, 6.45) is 0. The molecule has 0 aromatic heterocycles. The first kappa shape index (κ1) is 8.94. The Bertz CT molecular complexity index is 29.9. The first-order valence-corrected chi connectivity index (χ1v) is 0.827. The summed E-state index contributed by atoms with van der Waals surface area (Å²) in [6, 6.07) is 0. The van der Waals surface area contributed by atoms with Crippen LogP contribution in [0.15, 0.2) is 0 Å². The third kappa shape index (κ3) is 966. The molecular weight excluding hydrogens is 169 g/mol. The predicted octanol–water partition coefficient (Wildman–Crippen LogP) is -2.35. The molecule has 0 radical (unpaired) electrons. The summed E-state index contributed by atoms with van der Waals surface area (Å²) in [5, 5.41) is 6.06. The summed E-state index contributed by atoms with van der Waals surface area (Å²) < 4.78 is 0. The van der Waals surface area contributed by atoms with Crippen molar-refractivity contribution in [3.63, 3.8) is 0 Å². The molecule has 0 aliphatic carbocycles. The van der Waals surface area contributed by atoms with E-state index in [9.17, 15) is 0 Å². The standard InChI is InChI=1S/CH5N3.In.3H/c2-1(3)4;;;;/h(H5,2,3,4);;;;. The van der Waals surface area contributed by atoms with Gasteiger partial charge in [0.15, 0.2) is 5.96 Å². The third-order valence-corrected chi connectivity index (χ3v) is 0. The minimum absolute atomic E-state index is 0. The van der Waals surface area contributed by atoms with Crippen LogP contribution in [-0.2, 0) is 0 Å². The second-order valence-corrected chi connectivity index (χ2v) is 0.455. The Balaban J connectivity index is 0. The number of hydrogen-bond acceptors (Lipinski definition) is 1. The average molecular weight is 177 g/mol. The summed E-state index contributed by atoms with van der Waals surface area (Å²) in [5.41, 5.74) is 8.94. The van der Waals surface area contributed by atoms with E-state index in [1.54, 1.807) is 0 Å². The molecule has 4 heteroatoms. The quantitative estimate of drug-likeness (QED) is 0.286. The van der Waals surface area contributed by atoms with Gasteiger partial charge >= 0.3 is 25.8 Å². The SMILES string of the molecule is N=C(N)N.[InH3]. The van der Waals surface area contributed by atoms with Crippen molar-refractivity contribution >= 4 is 31.8 Å². The summed E-state index contributed by atoms with van der Waals surface area (Å²) in [6.45, 7) is 0. The molecule has 5 heavy (non-hydrogen) atoms. The molecule has 0 amide bonds. The van der Waals surface area contributed by atoms with E-state index in [4.69, 9.17) is 5.41 Å². The topological polar surface area (TPSA) is 75.9 Å². The van der Waals surface area contributed by atoms with E-state index >= 15 is 0 Å². The third-order valence-electron chi connectivity index (χ3n) is 0. The van der Waals surface area contributed by atoms with Crippen LogP contribution in [0.3, 0.4) is 0 Å². The molecule has 0 aromatic rings. The Kier molecular flexibility index (Phi) is 7.40. The molecule has 5 N–H and O–H groups in total. The van der Waals surface area contributed by atoms with Crippen molar-refractivity contribution in [2.24, 2.45) is 11.5 Å². The van der Waals surface area contributed by atoms with Gasteiger partial charge in [0, 0.05) is 0 Å². The van der Waals surface area contributed by atoms with Gasteiger partial charge in [0.1, 0.15) is 0 Å². The fourth-order valence-corrected chi connectivity index (χ4v) is 0. The number of rotatable bonds is 0. The van der Waals surface area contributed by atoms with Gasteiger partial charge in [-0.2, -0.15) is 0 Å². The Hall–Kier alpha value is 0.140. The van der Waals surface area contributed by atoms with E-state index in [-0.39, 0.29) is 31.8 Å². The second kappa shape index (κ2) is 4.14. The van der Waals surface area contributed by atoms with Crippen molar-refractivity contribution in [2.75, 3.05) is 0 Å². The van der Waals surface area contributed by atoms with Gasteiger partial charge in [0.2, 0.25) is 0 Å². The molecule has 0 heterocycles. The molecule has 3 nitrogen and oxygen atoms in total. The zero-order valence-corrected chi connectivity index (χ0v) is 2.15. The van der Waals surface area contributed by atoms with Crippen molar-refractivity contribution in [1.82, 2.24) is 0 Å². The molecule has 0 unspecified atom stereocenters. The van der Waals surface area contributed by atoms with Crippen LogP contribution in [0, 0.1) is 5.41 Å². The van der Waals surface area contributed by atoms with Gasteiger partial charge < -0.3 is 11.5 Å². The van der Waals surface area contributed by atoms with Crippen LogP contribution in [0.1, 0.15) is 0 Å². The molecule has 0 aliphatic heterocycles. The zero-order valence-electron chi connectivity index (χ0n) is 2.15. The summed E-state index contributed by atoms with van der Waals surface area (Å²) in [7, 11) is 0. The van der Waals surface area contributed by atoms with Crippen molar-refractivity contribution in [2.45, 2.75) is 0 Å². The van der Waals surface area contributed by atoms with Crippen molar-refractivity contribution in [3.8, 4) is 0 Å². The van der Waals surface area contributed by atoms with Crippen molar-refractivity contribution in [3.05, 3.63) is 0 Å². The Morgan fingerprint density at radius 3 is 1.40 bits per heavy atom. The maximum atomic E-state index is 6.06. The zero-order chi connectivity index (χ0) is 3.58. The van der Waals surface area contributed by atoms with Crippen LogP contribution >= 0.6 is 0 Å². The Morgan fingerprint density at radius 1 is 1.40 bits per heavy atom. The van der Waals surface area contributed by atoms with Crippen LogP contribution in [0.2, 0.25) is 0 Å². The summed E-state index contributed by atoms with van der Waals surface area (Å²) in [5.74, 6) is -0.333. The van der Waals surface area contributed by atoms with Crippen molar-refractivity contribution < 1.29 is 0 Å². The molecule has 0 saturated carbocycles. The van der Waals surface area contributed by atoms with E-state index in [1.807, 2.05) is 0 Å². The molecule has 0 atom stereocenters. The van der Waals surface area contributed by atoms with Gasteiger partial charge in [-0.25, -0.2) is 0 Å². The Labute approximate surface area is 49.0 Å². The molecule has 0 aliphatic rings. The van der Waals surface area contributed by atoms with Crippen LogP contribution in [0.5, 0.6) is 0 Å². The molecule has 30 valence electrons. The monoisotopic (exact) mass is 177 g/mol. The first-order chi connectivity index (χ1) is 1.73. The van der Waals surface area contributed by atoms with Gasteiger partial charge in [-0.05, 0) is 0 Å². The van der Waals surface area contributed by atoms with E-state index in [1.165, 1.54) is 0 Å². The first-order valence-electron chi connectivity index (χ1n) is 0.827. The average Bonchev–Trinajstić information content (AvgIpc) is 0.811. The second-order valence-electron chi connectivity index (χ2n) is 0.455. The van der Waals surface area contributed by atoms with E-state index in [0.29, 0.717) is 0 Å². The van der Waals surface area contributed by atoms with Gasteiger partial charge in [0.05, 0.1) is 0 Å². The maximum absolute atomic E-state index is 6.06. The number of hydrogen-bond donors (Lipinski definition) is 3. The predicted molar refractivity (Wildman–Crippen MR) is 26.0 cm³/mol. The molecule has 0 spiro atoms. The van der Waals surface area contributed by atoms with E-state index in [2.05, 4.69) is 11.5 Å². The fraction of sp³-hybridized carbons (Fsp3) is 0. The molecule has 0 bridgehead atoms.